The van der Waals surface area contributed by atoms with Gasteiger partial charge in [-0.3, -0.25) is 0 Å². The Bertz CT molecular complexity index is 510. The smallest absolute Gasteiger partial charge is 0.0721 e. The Balaban J connectivity index is 1.82. The van der Waals surface area contributed by atoms with Gasteiger partial charge in [-0.2, -0.15) is 0 Å². The summed E-state index contributed by atoms with van der Waals surface area (Å²) in [5.74, 6) is 0. The fourth-order valence-electron chi connectivity index (χ4n) is 1.88. The van der Waals surface area contributed by atoms with Gasteiger partial charge in [-0.1, -0.05) is 48.0 Å². The molecule has 0 aliphatic carbocycles. The predicted molar refractivity (Wildman–Crippen MR) is 79.1 cm³/mol. The van der Waals surface area contributed by atoms with Gasteiger partial charge < -0.3 is 10.5 Å². The van der Waals surface area contributed by atoms with Gasteiger partial charge in [0.2, 0.25) is 0 Å². The Morgan fingerprint density at radius 3 is 2.26 bits per heavy atom. The first kappa shape index (κ1) is 14.1. The van der Waals surface area contributed by atoms with E-state index in [4.69, 9.17) is 22.1 Å². The van der Waals surface area contributed by atoms with E-state index in [0.717, 1.165) is 17.0 Å². The van der Waals surface area contributed by atoms with E-state index in [1.165, 1.54) is 11.1 Å². The Morgan fingerprint density at radius 1 is 0.895 bits per heavy atom. The Kier molecular flexibility index (Phi) is 5.40. The molecule has 2 nitrogen and oxygen atoms in total. The summed E-state index contributed by atoms with van der Waals surface area (Å²) in [5, 5.41) is 0.743. The molecule has 3 heteroatoms. The summed E-state index contributed by atoms with van der Waals surface area (Å²) in [6.07, 6.45) is 0.920. The van der Waals surface area contributed by atoms with Crippen molar-refractivity contribution in [3.05, 3.63) is 70.2 Å². The van der Waals surface area contributed by atoms with Crippen molar-refractivity contribution in [1.29, 1.82) is 0 Å². The van der Waals surface area contributed by atoms with Crippen LogP contribution in [0.5, 0.6) is 0 Å². The molecule has 0 atom stereocenters. The first-order valence-electron chi connectivity index (χ1n) is 6.38. The predicted octanol–water partition coefficient (Wildman–Crippen LogP) is 3.56. The maximum absolute atomic E-state index is 5.92. The molecule has 2 N–H and O–H groups in total. The second-order valence-electron chi connectivity index (χ2n) is 4.48. The minimum absolute atomic E-state index is 0.575. The Morgan fingerprint density at radius 2 is 1.58 bits per heavy atom. The highest BCUT2D eigenvalue weighted by atomic mass is 35.5. The molecule has 0 unspecified atom stereocenters. The van der Waals surface area contributed by atoms with Crippen molar-refractivity contribution in [3.8, 4) is 0 Å². The molecular weight excluding hydrogens is 258 g/mol. The van der Waals surface area contributed by atoms with Crippen LogP contribution in [-0.2, 0) is 24.4 Å². The maximum atomic E-state index is 5.92. The third-order valence-electron chi connectivity index (χ3n) is 2.88. The standard InChI is InChI=1S/C16H18ClNO/c17-16-3-1-2-15(10-16)12-19-11-14-6-4-13(5-7-14)8-9-18/h1-7,10H,8-9,11-12,18H2. The fourth-order valence-corrected chi connectivity index (χ4v) is 2.10. The van der Waals surface area contributed by atoms with Crippen molar-refractivity contribution in [3.63, 3.8) is 0 Å². The quantitative estimate of drug-likeness (QED) is 0.875. The Hall–Kier alpha value is -1.35. The SMILES string of the molecule is NCCc1ccc(COCc2cccc(Cl)c2)cc1. The van der Waals surface area contributed by atoms with E-state index in [1.54, 1.807) is 0 Å². The molecule has 2 aromatic rings. The normalized spacial score (nSPS) is 10.6. The van der Waals surface area contributed by atoms with Crippen LogP contribution in [0.4, 0.5) is 0 Å². The van der Waals surface area contributed by atoms with Crippen LogP contribution < -0.4 is 5.73 Å². The van der Waals surface area contributed by atoms with Crippen LogP contribution in [-0.4, -0.2) is 6.54 Å². The fraction of sp³-hybridized carbons (Fsp3) is 0.250. The highest BCUT2D eigenvalue weighted by molar-refractivity contribution is 6.30. The molecule has 0 saturated heterocycles. The average Bonchev–Trinajstić information content (AvgIpc) is 2.41. The third-order valence-corrected chi connectivity index (χ3v) is 3.12. The van der Waals surface area contributed by atoms with E-state index in [1.807, 2.05) is 24.3 Å². The van der Waals surface area contributed by atoms with Gasteiger partial charge in [0, 0.05) is 5.02 Å². The van der Waals surface area contributed by atoms with E-state index in [-0.39, 0.29) is 0 Å². The molecule has 0 amide bonds. The van der Waals surface area contributed by atoms with Crippen molar-refractivity contribution in [2.45, 2.75) is 19.6 Å². The molecule has 0 radical (unpaired) electrons. The van der Waals surface area contributed by atoms with Crippen LogP contribution in [0.15, 0.2) is 48.5 Å². The van der Waals surface area contributed by atoms with E-state index in [0.29, 0.717) is 19.8 Å². The van der Waals surface area contributed by atoms with Crippen molar-refractivity contribution >= 4 is 11.6 Å². The van der Waals surface area contributed by atoms with E-state index >= 15 is 0 Å². The topological polar surface area (TPSA) is 35.2 Å². The van der Waals surface area contributed by atoms with Crippen LogP contribution in [0.2, 0.25) is 5.02 Å². The number of ether oxygens (including phenoxy) is 1. The number of benzene rings is 2. The number of halogens is 1. The molecule has 0 aliphatic heterocycles. The lowest BCUT2D eigenvalue weighted by Gasteiger charge is -2.06. The second-order valence-corrected chi connectivity index (χ2v) is 4.91. The van der Waals surface area contributed by atoms with Gasteiger partial charge in [0.05, 0.1) is 13.2 Å². The van der Waals surface area contributed by atoms with Crippen molar-refractivity contribution < 1.29 is 4.74 Å². The van der Waals surface area contributed by atoms with Crippen LogP contribution in [0, 0.1) is 0 Å². The summed E-state index contributed by atoms with van der Waals surface area (Å²) in [4.78, 5) is 0. The number of hydrogen-bond acceptors (Lipinski definition) is 2. The number of hydrogen-bond donors (Lipinski definition) is 1. The zero-order valence-electron chi connectivity index (χ0n) is 10.8. The highest BCUT2D eigenvalue weighted by Gasteiger charge is 1.97. The van der Waals surface area contributed by atoms with Crippen LogP contribution >= 0.6 is 11.6 Å². The minimum atomic E-state index is 0.575. The molecule has 0 spiro atoms. The van der Waals surface area contributed by atoms with Gasteiger partial charge in [0.1, 0.15) is 0 Å². The number of rotatable bonds is 6. The molecule has 0 heterocycles. The lowest BCUT2D eigenvalue weighted by atomic mass is 10.1. The lowest BCUT2D eigenvalue weighted by molar-refractivity contribution is 0.107. The molecule has 19 heavy (non-hydrogen) atoms. The van der Waals surface area contributed by atoms with Crippen molar-refractivity contribution in [2.75, 3.05) is 6.54 Å². The van der Waals surface area contributed by atoms with Crippen LogP contribution in [0.3, 0.4) is 0 Å². The van der Waals surface area contributed by atoms with Crippen LogP contribution in [0.25, 0.3) is 0 Å². The summed E-state index contributed by atoms with van der Waals surface area (Å²) < 4.78 is 5.68. The molecule has 0 fully saturated rings. The van der Waals surface area contributed by atoms with Crippen LogP contribution in [0.1, 0.15) is 16.7 Å². The molecule has 0 aliphatic rings. The van der Waals surface area contributed by atoms with Gasteiger partial charge in [-0.25, -0.2) is 0 Å². The third kappa shape index (κ3) is 4.67. The summed E-state index contributed by atoms with van der Waals surface area (Å²) in [6, 6.07) is 16.1. The minimum Gasteiger partial charge on any atom is -0.372 e. The van der Waals surface area contributed by atoms with Gasteiger partial charge in [-0.05, 0) is 41.8 Å². The summed E-state index contributed by atoms with van der Waals surface area (Å²) in [7, 11) is 0. The van der Waals surface area contributed by atoms with E-state index in [9.17, 15) is 0 Å². The molecule has 2 rings (SSSR count). The van der Waals surface area contributed by atoms with Gasteiger partial charge in [0.15, 0.2) is 0 Å². The zero-order valence-corrected chi connectivity index (χ0v) is 11.6. The van der Waals surface area contributed by atoms with Crippen molar-refractivity contribution in [2.24, 2.45) is 5.73 Å². The van der Waals surface area contributed by atoms with Crippen molar-refractivity contribution in [1.82, 2.24) is 0 Å². The maximum Gasteiger partial charge on any atom is 0.0721 e. The molecular formula is C16H18ClNO. The Labute approximate surface area is 119 Å². The summed E-state index contributed by atoms with van der Waals surface area (Å²) >= 11 is 5.92. The molecule has 2 aromatic carbocycles. The first-order chi connectivity index (χ1) is 9.28. The molecule has 0 saturated carbocycles. The summed E-state index contributed by atoms with van der Waals surface area (Å²) in [5.41, 5.74) is 9.04. The second kappa shape index (κ2) is 7.29. The van der Waals surface area contributed by atoms with Gasteiger partial charge in [-0.15, -0.1) is 0 Å². The lowest BCUT2D eigenvalue weighted by Crippen LogP contribution is -2.02. The number of nitrogens with two attached hydrogens (primary N) is 1. The molecule has 0 aromatic heterocycles. The molecule has 0 bridgehead atoms. The average molecular weight is 276 g/mol. The summed E-state index contributed by atoms with van der Waals surface area (Å²) in [6.45, 7) is 1.87. The highest BCUT2D eigenvalue weighted by Crippen LogP contribution is 2.12. The molecule has 100 valence electrons. The van der Waals surface area contributed by atoms with Gasteiger partial charge in [0.25, 0.3) is 0 Å². The largest absolute Gasteiger partial charge is 0.372 e. The monoisotopic (exact) mass is 275 g/mol. The van der Waals surface area contributed by atoms with E-state index in [2.05, 4.69) is 24.3 Å². The zero-order chi connectivity index (χ0) is 13.5. The van der Waals surface area contributed by atoms with E-state index < -0.39 is 0 Å². The first-order valence-corrected chi connectivity index (χ1v) is 6.76. The van der Waals surface area contributed by atoms with Gasteiger partial charge >= 0.3 is 0 Å².